The third-order valence-corrected chi connectivity index (χ3v) is 5.90. The van der Waals surface area contributed by atoms with Gasteiger partial charge in [-0.2, -0.15) is 0 Å². The van der Waals surface area contributed by atoms with Gasteiger partial charge >= 0.3 is 17.9 Å². The summed E-state index contributed by atoms with van der Waals surface area (Å²) in [6.45, 7) is 4.38. The number of Topliss-reactive ketones (excluding diaryl/α,β-unsaturated/α-hetero) is 1. The van der Waals surface area contributed by atoms with Crippen molar-refractivity contribution in [3.05, 3.63) is 0 Å². The third-order valence-electron chi connectivity index (χ3n) is 5.90. The number of ketones is 1. The molecule has 36 heavy (non-hydrogen) atoms. The van der Waals surface area contributed by atoms with E-state index in [-0.39, 0.29) is 37.9 Å². The Morgan fingerprint density at radius 3 is 1.28 bits per heavy atom. The maximum Gasteiger partial charge on any atom is 0.317 e. The average Bonchev–Trinajstić information content (AvgIpc) is 2.76. The first-order valence-corrected chi connectivity index (χ1v) is 12.4. The molecule has 4 N–H and O–H groups in total. The van der Waals surface area contributed by atoms with Crippen LogP contribution in [0.3, 0.4) is 0 Å². The van der Waals surface area contributed by atoms with E-state index in [4.69, 9.17) is 0 Å². The molecule has 13 nitrogen and oxygen atoms in total. The van der Waals surface area contributed by atoms with Crippen LogP contribution in [0, 0.1) is 0 Å². The van der Waals surface area contributed by atoms with Gasteiger partial charge in [0.1, 0.15) is 5.78 Å². The van der Waals surface area contributed by atoms with Crippen LogP contribution in [0.2, 0.25) is 0 Å². The van der Waals surface area contributed by atoms with Gasteiger partial charge in [0, 0.05) is 65.3 Å². The van der Waals surface area contributed by atoms with E-state index in [1.165, 1.54) is 0 Å². The van der Waals surface area contributed by atoms with Crippen LogP contribution in [0.25, 0.3) is 0 Å². The third kappa shape index (κ3) is 16.1. The molecule has 0 aromatic rings. The molecule has 0 saturated carbocycles. The smallest absolute Gasteiger partial charge is 0.317 e. The monoisotopic (exact) mass is 515 g/mol. The number of hydrogen-bond acceptors (Lipinski definition) is 9. The van der Waals surface area contributed by atoms with Gasteiger partial charge in [0.05, 0.1) is 26.2 Å². The van der Waals surface area contributed by atoms with Gasteiger partial charge in [-0.25, -0.2) is 0 Å². The van der Waals surface area contributed by atoms with Crippen molar-refractivity contribution >= 4 is 29.6 Å². The summed E-state index contributed by atoms with van der Waals surface area (Å²) in [5, 5.41) is 30.6. The Hall–Kier alpha value is -2.61. The zero-order chi connectivity index (χ0) is 26.9. The Balaban J connectivity index is 2.77. The number of aliphatic carboxylic acids is 3. The van der Waals surface area contributed by atoms with Crippen molar-refractivity contribution in [3.8, 4) is 0 Å². The maximum atomic E-state index is 12.5. The molecule has 0 atom stereocenters. The van der Waals surface area contributed by atoms with Crippen LogP contribution in [0.5, 0.6) is 0 Å². The van der Waals surface area contributed by atoms with Crippen LogP contribution in [-0.4, -0.2) is 150 Å². The van der Waals surface area contributed by atoms with Gasteiger partial charge in [-0.15, -0.1) is 0 Å². The fourth-order valence-electron chi connectivity index (χ4n) is 3.95. The van der Waals surface area contributed by atoms with Gasteiger partial charge in [0.15, 0.2) is 0 Å². The van der Waals surface area contributed by atoms with E-state index in [2.05, 4.69) is 5.32 Å². The lowest BCUT2D eigenvalue weighted by molar-refractivity contribution is -0.140. The second-order valence-corrected chi connectivity index (χ2v) is 9.15. The normalized spacial score (nSPS) is 17.6. The first-order chi connectivity index (χ1) is 17.0. The molecule has 0 bridgehead atoms. The zero-order valence-electron chi connectivity index (χ0n) is 21.2. The number of carboxylic acid groups (broad SMARTS) is 3. The Morgan fingerprint density at radius 1 is 0.583 bits per heavy atom. The average molecular weight is 516 g/mol. The number of carbonyl (C=O) groups excluding carboxylic acids is 2. The minimum Gasteiger partial charge on any atom is -0.480 e. The van der Waals surface area contributed by atoms with Crippen LogP contribution < -0.4 is 5.32 Å². The summed E-state index contributed by atoms with van der Waals surface area (Å²) >= 11 is 0. The van der Waals surface area contributed by atoms with Crippen LogP contribution >= 0.6 is 0 Å². The van der Waals surface area contributed by atoms with Crippen LogP contribution in [-0.2, 0) is 24.0 Å². The van der Waals surface area contributed by atoms with Crippen molar-refractivity contribution in [1.82, 2.24) is 24.9 Å². The summed E-state index contributed by atoms with van der Waals surface area (Å²) < 4.78 is 0. The number of rotatable bonds is 14. The molecular formula is C23H41N5O8. The number of nitrogens with zero attached hydrogens (tertiary/aromatic N) is 4. The summed E-state index contributed by atoms with van der Waals surface area (Å²) in [7, 11) is 0. The highest BCUT2D eigenvalue weighted by molar-refractivity contribution is 5.78. The predicted molar refractivity (Wildman–Crippen MR) is 131 cm³/mol. The molecule has 0 unspecified atom stereocenters. The lowest BCUT2D eigenvalue weighted by Gasteiger charge is -2.32. The van der Waals surface area contributed by atoms with Crippen molar-refractivity contribution in [2.75, 3.05) is 85.1 Å². The quantitative estimate of drug-likeness (QED) is 0.202. The van der Waals surface area contributed by atoms with E-state index in [0.29, 0.717) is 65.3 Å². The summed E-state index contributed by atoms with van der Waals surface area (Å²) in [5.74, 6) is -3.01. The van der Waals surface area contributed by atoms with Gasteiger partial charge in [-0.05, 0) is 19.8 Å². The number of carbonyl (C=O) groups is 5. The number of hydrogen-bond donors (Lipinski definition) is 4. The fraction of sp³-hybridized carbons (Fsp3) is 0.783. The molecule has 13 heteroatoms. The number of nitrogens with one attached hydrogen (secondary N) is 1. The molecule has 1 rings (SSSR count). The summed E-state index contributed by atoms with van der Waals surface area (Å²) in [6, 6.07) is 0. The molecule has 0 aliphatic carbocycles. The van der Waals surface area contributed by atoms with Gasteiger partial charge in [-0.1, -0.05) is 6.42 Å². The largest absolute Gasteiger partial charge is 0.480 e. The highest BCUT2D eigenvalue weighted by Gasteiger charge is 2.21. The summed E-state index contributed by atoms with van der Waals surface area (Å²) in [6.07, 6.45) is 2.94. The molecule has 1 aliphatic heterocycles. The molecule has 0 aromatic heterocycles. The second-order valence-electron chi connectivity index (χ2n) is 9.15. The van der Waals surface area contributed by atoms with Crippen molar-refractivity contribution < 1.29 is 39.3 Å². The van der Waals surface area contributed by atoms with Gasteiger partial charge in [0.25, 0.3) is 0 Å². The lowest BCUT2D eigenvalue weighted by Crippen LogP contribution is -2.49. The Kier molecular flexibility index (Phi) is 15.5. The molecule has 0 spiro atoms. The maximum absolute atomic E-state index is 12.5. The first-order valence-electron chi connectivity index (χ1n) is 12.4. The SMILES string of the molecule is CC(=O)CCCCCNC(=O)CN1CCN(CC(=O)O)CCN(CC(=O)O)CCN(CC(=O)O)CC1. The molecule has 0 radical (unpaired) electrons. The molecule has 1 amide bonds. The highest BCUT2D eigenvalue weighted by Crippen LogP contribution is 2.02. The molecule has 1 fully saturated rings. The van der Waals surface area contributed by atoms with E-state index in [0.717, 1.165) is 19.3 Å². The van der Waals surface area contributed by atoms with Crippen LogP contribution in [0.4, 0.5) is 0 Å². The van der Waals surface area contributed by atoms with Gasteiger partial charge in [0.2, 0.25) is 5.91 Å². The Morgan fingerprint density at radius 2 is 0.944 bits per heavy atom. The van der Waals surface area contributed by atoms with Gasteiger partial charge in [-0.3, -0.25) is 38.8 Å². The van der Waals surface area contributed by atoms with Gasteiger partial charge < -0.3 is 25.4 Å². The Labute approximate surface area is 212 Å². The number of amides is 1. The molecule has 1 heterocycles. The van der Waals surface area contributed by atoms with Crippen molar-refractivity contribution in [2.45, 2.75) is 32.6 Å². The van der Waals surface area contributed by atoms with Crippen molar-refractivity contribution in [2.24, 2.45) is 0 Å². The van der Waals surface area contributed by atoms with Crippen LogP contribution in [0.1, 0.15) is 32.6 Å². The van der Waals surface area contributed by atoms with E-state index >= 15 is 0 Å². The van der Waals surface area contributed by atoms with E-state index in [1.807, 2.05) is 4.90 Å². The minimum absolute atomic E-state index is 0.0976. The van der Waals surface area contributed by atoms with E-state index in [9.17, 15) is 39.3 Å². The molecule has 0 aromatic carbocycles. The molecule has 206 valence electrons. The van der Waals surface area contributed by atoms with E-state index < -0.39 is 17.9 Å². The van der Waals surface area contributed by atoms with Crippen LogP contribution in [0.15, 0.2) is 0 Å². The topological polar surface area (TPSA) is 171 Å². The highest BCUT2D eigenvalue weighted by atomic mass is 16.4. The standard InChI is InChI=1S/C23H41N5O8/c1-19(29)5-3-2-4-6-24-20(30)15-25-7-9-26(16-21(31)32)11-13-28(18-23(35)36)14-12-27(10-8-25)17-22(33)34/h2-18H2,1H3,(H,24,30)(H,31,32)(H,33,34)(H,35,36). The molecular weight excluding hydrogens is 474 g/mol. The second kappa shape index (κ2) is 17.8. The zero-order valence-corrected chi connectivity index (χ0v) is 21.2. The number of carboxylic acids is 3. The predicted octanol–water partition coefficient (Wildman–Crippen LogP) is -1.27. The number of unbranched alkanes of at least 4 members (excludes halogenated alkanes) is 2. The summed E-state index contributed by atoms with van der Waals surface area (Å²) in [4.78, 5) is 64.4. The van der Waals surface area contributed by atoms with E-state index in [1.54, 1.807) is 21.6 Å². The lowest BCUT2D eigenvalue weighted by atomic mass is 10.1. The first kappa shape index (κ1) is 31.4. The van der Waals surface area contributed by atoms with Crippen molar-refractivity contribution in [1.29, 1.82) is 0 Å². The minimum atomic E-state index is -1.01. The van der Waals surface area contributed by atoms with Crippen molar-refractivity contribution in [3.63, 3.8) is 0 Å². The fourth-order valence-corrected chi connectivity index (χ4v) is 3.95. The Bertz CT molecular complexity index is 703. The summed E-state index contributed by atoms with van der Waals surface area (Å²) in [5.41, 5.74) is 0. The molecule has 1 aliphatic rings. The molecule has 1 saturated heterocycles.